The Bertz CT molecular complexity index is 1540. The van der Waals surface area contributed by atoms with Crippen molar-refractivity contribution in [2.45, 2.75) is 38.3 Å². The van der Waals surface area contributed by atoms with Gasteiger partial charge in [0.2, 0.25) is 0 Å². The molecule has 0 bridgehead atoms. The van der Waals surface area contributed by atoms with Crippen molar-refractivity contribution in [1.29, 1.82) is 0 Å². The van der Waals surface area contributed by atoms with Gasteiger partial charge in [-0.15, -0.1) is 0 Å². The Kier molecular flexibility index (Phi) is 6.60. The monoisotopic (exact) mass is 526 g/mol. The first kappa shape index (κ1) is 25.2. The van der Waals surface area contributed by atoms with Crippen LogP contribution in [0.1, 0.15) is 46.5 Å². The second-order valence-corrected chi connectivity index (χ2v) is 10.7. The van der Waals surface area contributed by atoms with Gasteiger partial charge < -0.3 is 29.8 Å². The number of amides is 2. The van der Waals surface area contributed by atoms with Crippen LogP contribution in [0.15, 0.2) is 54.6 Å². The number of benzene rings is 2. The molecule has 6 rings (SSSR count). The zero-order valence-electron chi connectivity index (χ0n) is 22.4. The number of anilines is 1. The van der Waals surface area contributed by atoms with Gasteiger partial charge in [-0.2, -0.15) is 0 Å². The Balaban J connectivity index is 1.39. The molecule has 9 heteroatoms. The number of nitrogens with two attached hydrogens (primary N) is 1. The van der Waals surface area contributed by atoms with E-state index < -0.39 is 0 Å². The number of ether oxygens (including phenoxy) is 1. The van der Waals surface area contributed by atoms with Crippen LogP contribution in [-0.4, -0.2) is 57.1 Å². The number of para-hydroxylation sites is 1. The van der Waals surface area contributed by atoms with E-state index in [2.05, 4.69) is 9.88 Å². The van der Waals surface area contributed by atoms with Crippen LogP contribution in [0.3, 0.4) is 0 Å². The Morgan fingerprint density at radius 3 is 2.62 bits per heavy atom. The van der Waals surface area contributed by atoms with Crippen LogP contribution in [0.25, 0.3) is 22.6 Å². The molecule has 2 fully saturated rings. The molecule has 0 spiro atoms. The summed E-state index contributed by atoms with van der Waals surface area (Å²) in [6.07, 6.45) is 4.14. The number of nitrogens with one attached hydrogen (secondary N) is 1. The Morgan fingerprint density at radius 1 is 1.10 bits per heavy atom. The van der Waals surface area contributed by atoms with E-state index in [1.807, 2.05) is 65.0 Å². The first-order chi connectivity index (χ1) is 18.9. The molecule has 39 heavy (non-hydrogen) atoms. The van der Waals surface area contributed by atoms with Crippen LogP contribution >= 0.6 is 0 Å². The number of aromatic nitrogens is 3. The van der Waals surface area contributed by atoms with Crippen LogP contribution in [0, 0.1) is 5.92 Å². The number of methoxy groups -OCH3 is 1. The van der Waals surface area contributed by atoms with Gasteiger partial charge in [-0.1, -0.05) is 18.2 Å². The summed E-state index contributed by atoms with van der Waals surface area (Å²) >= 11 is 0. The number of hydrogen-bond acceptors (Lipinski definition) is 5. The number of rotatable bonds is 7. The lowest BCUT2D eigenvalue weighted by Crippen LogP contribution is -2.45. The van der Waals surface area contributed by atoms with Crippen LogP contribution in [0.4, 0.5) is 5.69 Å². The van der Waals surface area contributed by atoms with E-state index in [0.29, 0.717) is 47.4 Å². The number of hydrogen-bond donors (Lipinski definition) is 2. The highest BCUT2D eigenvalue weighted by Crippen LogP contribution is 2.36. The maximum atomic E-state index is 13.4. The lowest BCUT2D eigenvalue weighted by Gasteiger charge is -2.30. The summed E-state index contributed by atoms with van der Waals surface area (Å²) in [4.78, 5) is 33.5. The zero-order valence-corrected chi connectivity index (χ0v) is 22.4. The van der Waals surface area contributed by atoms with Gasteiger partial charge in [-0.25, -0.2) is 4.98 Å². The molecule has 2 amide bonds. The van der Waals surface area contributed by atoms with Crippen LogP contribution < -0.4 is 15.8 Å². The van der Waals surface area contributed by atoms with E-state index >= 15 is 0 Å². The fourth-order valence-corrected chi connectivity index (χ4v) is 5.53. The second kappa shape index (κ2) is 10.2. The van der Waals surface area contributed by atoms with Crippen LogP contribution in [-0.2, 0) is 13.6 Å². The summed E-state index contributed by atoms with van der Waals surface area (Å²) in [6, 6.07) is 16.9. The van der Waals surface area contributed by atoms with Crippen molar-refractivity contribution < 1.29 is 14.3 Å². The first-order valence-corrected chi connectivity index (χ1v) is 13.6. The third-order valence-corrected chi connectivity index (χ3v) is 7.76. The van der Waals surface area contributed by atoms with Crippen molar-refractivity contribution in [2.75, 3.05) is 25.5 Å². The van der Waals surface area contributed by atoms with Crippen LogP contribution in [0.2, 0.25) is 0 Å². The largest absolute Gasteiger partial charge is 0.494 e. The first-order valence-electron chi connectivity index (χ1n) is 13.6. The minimum Gasteiger partial charge on any atom is -0.494 e. The molecular weight excluding hydrogens is 492 g/mol. The molecule has 2 aromatic heterocycles. The molecule has 1 aliphatic heterocycles. The van der Waals surface area contributed by atoms with Crippen molar-refractivity contribution in [3.05, 3.63) is 65.9 Å². The summed E-state index contributed by atoms with van der Waals surface area (Å²) in [5, 5.41) is 3.01. The number of likely N-dealkylation sites (tertiary alicyclic amines) is 1. The molecule has 1 saturated carbocycles. The molecule has 2 aliphatic rings. The number of imidazole rings is 1. The van der Waals surface area contributed by atoms with Crippen molar-refractivity contribution >= 4 is 28.5 Å². The fourth-order valence-electron chi connectivity index (χ4n) is 5.53. The minimum absolute atomic E-state index is 0.00215. The van der Waals surface area contributed by atoms with Crippen molar-refractivity contribution in [1.82, 2.24) is 19.0 Å². The molecule has 1 saturated heterocycles. The number of carbonyl (C=O) groups excluding carboxylic acids is 2. The number of piperidine rings is 1. The second-order valence-electron chi connectivity index (χ2n) is 10.7. The van der Waals surface area contributed by atoms with E-state index in [4.69, 9.17) is 15.5 Å². The minimum atomic E-state index is -0.155. The van der Waals surface area contributed by atoms with Crippen molar-refractivity contribution in [3.8, 4) is 17.3 Å². The molecule has 9 nitrogen and oxygen atoms in total. The molecule has 3 heterocycles. The number of aryl methyl sites for hydroxylation is 1. The normalized spacial score (nSPS) is 17.4. The van der Waals surface area contributed by atoms with Gasteiger partial charge in [0.15, 0.2) is 5.82 Å². The maximum absolute atomic E-state index is 13.4. The van der Waals surface area contributed by atoms with Crippen molar-refractivity contribution in [3.63, 3.8) is 0 Å². The lowest BCUT2D eigenvalue weighted by atomic mass is 10.0. The quantitative estimate of drug-likeness (QED) is 0.374. The Hall–Kier alpha value is -4.11. The number of fused-ring (bicyclic) bond motifs is 1. The Labute approximate surface area is 227 Å². The van der Waals surface area contributed by atoms with Gasteiger partial charge in [0.25, 0.3) is 11.8 Å². The molecule has 4 aromatic rings. The van der Waals surface area contributed by atoms with Gasteiger partial charge in [-0.05, 0) is 68.0 Å². The number of carbonyl (C=O) groups is 2. The highest BCUT2D eigenvalue weighted by molar-refractivity contribution is 6.04. The highest BCUT2D eigenvalue weighted by atomic mass is 16.5. The summed E-state index contributed by atoms with van der Waals surface area (Å²) in [5.74, 6) is 1.63. The van der Waals surface area contributed by atoms with Gasteiger partial charge >= 0.3 is 0 Å². The molecule has 2 aromatic carbocycles. The fraction of sp³-hybridized carbons (Fsp3) is 0.367. The summed E-state index contributed by atoms with van der Waals surface area (Å²) in [6.45, 7) is 2.00. The lowest BCUT2D eigenvalue weighted by molar-refractivity contribution is 0.0708. The smallest absolute Gasteiger partial charge is 0.272 e. The standard InChI is InChI=1S/C30H34N6O3/c1-34-27-23(15-20(16-26(27)39-2)30(38)35-14-6-7-21(31)18-35)33-28(34)24-12-13-25(36(24)17-19-10-11-19)29(37)32-22-8-4-3-5-9-22/h3-5,8-9,12-13,15-16,19,21H,6-7,10-11,14,17-18,31H2,1-2H3,(H,32,37)/t21-/m1/s1. The van der Waals surface area contributed by atoms with E-state index in [0.717, 1.165) is 49.1 Å². The Morgan fingerprint density at radius 2 is 1.90 bits per heavy atom. The molecule has 1 atom stereocenters. The predicted octanol–water partition coefficient (Wildman–Crippen LogP) is 4.28. The molecule has 0 unspecified atom stereocenters. The summed E-state index contributed by atoms with van der Waals surface area (Å²) in [5.41, 5.74) is 10.3. The molecule has 0 radical (unpaired) electrons. The van der Waals surface area contributed by atoms with E-state index in [1.54, 1.807) is 13.2 Å². The third-order valence-electron chi connectivity index (χ3n) is 7.76. The zero-order chi connectivity index (χ0) is 27.1. The summed E-state index contributed by atoms with van der Waals surface area (Å²) in [7, 11) is 3.55. The van der Waals surface area contributed by atoms with Crippen molar-refractivity contribution in [2.24, 2.45) is 18.7 Å². The van der Waals surface area contributed by atoms with Crippen LogP contribution in [0.5, 0.6) is 5.75 Å². The predicted molar refractivity (Wildman–Crippen MR) is 151 cm³/mol. The molecule has 3 N–H and O–H groups in total. The topological polar surface area (TPSA) is 107 Å². The van der Waals surface area contributed by atoms with Gasteiger partial charge in [0, 0.05) is 44.0 Å². The van der Waals surface area contributed by atoms with E-state index in [9.17, 15) is 9.59 Å². The average molecular weight is 527 g/mol. The van der Waals surface area contributed by atoms with E-state index in [-0.39, 0.29) is 17.9 Å². The summed E-state index contributed by atoms with van der Waals surface area (Å²) < 4.78 is 9.80. The molecule has 202 valence electrons. The van der Waals surface area contributed by atoms with Gasteiger partial charge in [0.1, 0.15) is 17.0 Å². The highest BCUT2D eigenvalue weighted by Gasteiger charge is 2.29. The SMILES string of the molecule is COc1cc(C(=O)N2CCC[C@@H](N)C2)cc2nc(-c3ccc(C(=O)Nc4ccccc4)n3CC3CC3)n(C)c12. The van der Waals surface area contributed by atoms with Gasteiger partial charge in [0.05, 0.1) is 18.3 Å². The molecular formula is C30H34N6O3. The van der Waals surface area contributed by atoms with Gasteiger partial charge in [-0.3, -0.25) is 9.59 Å². The third kappa shape index (κ3) is 4.90. The number of nitrogens with zero attached hydrogens (tertiary/aromatic N) is 4. The average Bonchev–Trinajstić information content (AvgIpc) is 3.58. The van der Waals surface area contributed by atoms with E-state index in [1.165, 1.54) is 0 Å². The maximum Gasteiger partial charge on any atom is 0.272 e. The molecule has 1 aliphatic carbocycles.